The smallest absolute Gasteiger partial charge is 0.341 e. The summed E-state index contributed by atoms with van der Waals surface area (Å²) in [4.78, 5) is 52.6. The number of esters is 1. The first kappa shape index (κ1) is 23.3. The molecule has 2 saturated heterocycles. The average molecular weight is 488 g/mol. The second-order valence-electron chi connectivity index (χ2n) is 7.79. The quantitative estimate of drug-likeness (QED) is 0.607. The normalized spacial score (nSPS) is 21.6. The number of hydrogen-bond donors (Lipinski definition) is 2. The summed E-state index contributed by atoms with van der Waals surface area (Å²) in [5, 5.41) is 5.63. The first-order valence-corrected chi connectivity index (χ1v) is 12.5. The van der Waals surface area contributed by atoms with Gasteiger partial charge in [-0.25, -0.2) is 4.79 Å². The van der Waals surface area contributed by atoms with E-state index in [1.165, 1.54) is 7.05 Å². The number of fused-ring (bicyclic) bond motifs is 1. The number of benzene rings is 1. The van der Waals surface area contributed by atoms with Crippen molar-refractivity contribution in [3.05, 3.63) is 51.9 Å². The van der Waals surface area contributed by atoms with E-state index < -0.39 is 16.9 Å². The van der Waals surface area contributed by atoms with Gasteiger partial charge in [0.2, 0.25) is 11.8 Å². The highest BCUT2D eigenvalue weighted by Crippen LogP contribution is 2.54. The maximum Gasteiger partial charge on any atom is 0.341 e. The summed E-state index contributed by atoms with van der Waals surface area (Å²) >= 11 is 2.62. The molecule has 0 spiro atoms. The Hall–Kier alpha value is -2.85. The van der Waals surface area contributed by atoms with Gasteiger partial charge < -0.3 is 20.3 Å². The molecule has 2 aliphatic rings. The molecule has 0 saturated carbocycles. The number of nitrogens with zero attached hydrogens (tertiary/aromatic N) is 1. The zero-order valence-electron chi connectivity index (χ0n) is 18.6. The summed E-state index contributed by atoms with van der Waals surface area (Å²) in [5.41, 5.74) is 1.61. The molecule has 174 valence electrons. The van der Waals surface area contributed by atoms with Crippen LogP contribution in [-0.4, -0.2) is 54.0 Å². The van der Waals surface area contributed by atoms with Crippen molar-refractivity contribution in [3.8, 4) is 0 Å². The van der Waals surface area contributed by atoms with E-state index in [-0.39, 0.29) is 34.9 Å². The average Bonchev–Trinajstić information content (AvgIpc) is 3.46. The van der Waals surface area contributed by atoms with E-state index in [2.05, 4.69) is 10.6 Å². The third-order valence-electron chi connectivity index (χ3n) is 5.95. The molecule has 2 fully saturated rings. The third-order valence-corrected chi connectivity index (χ3v) is 8.75. The Kier molecular flexibility index (Phi) is 6.49. The van der Waals surface area contributed by atoms with Crippen molar-refractivity contribution in [2.75, 3.05) is 24.7 Å². The summed E-state index contributed by atoms with van der Waals surface area (Å²) < 4.78 is 5.16. The number of amides is 3. The first-order chi connectivity index (χ1) is 15.8. The second kappa shape index (κ2) is 9.18. The Labute approximate surface area is 200 Å². The molecular weight excluding hydrogens is 462 g/mol. The summed E-state index contributed by atoms with van der Waals surface area (Å²) in [5.74, 6) is -0.964. The van der Waals surface area contributed by atoms with Gasteiger partial charge in [-0.05, 0) is 31.4 Å². The molecule has 1 aromatic carbocycles. The Balaban J connectivity index is 1.66. The summed E-state index contributed by atoms with van der Waals surface area (Å²) in [6.45, 7) is 3.51. The van der Waals surface area contributed by atoms with Crippen LogP contribution in [0.3, 0.4) is 0 Å². The monoisotopic (exact) mass is 487 g/mol. The fraction of sp³-hybridized carbons (Fsp3) is 0.391. The number of rotatable bonds is 6. The minimum absolute atomic E-state index is 0.0666. The van der Waals surface area contributed by atoms with Gasteiger partial charge in [0.1, 0.15) is 15.9 Å². The Bertz CT molecular complexity index is 1120. The van der Waals surface area contributed by atoms with E-state index in [9.17, 15) is 19.2 Å². The van der Waals surface area contributed by atoms with Crippen LogP contribution >= 0.6 is 23.1 Å². The lowest BCUT2D eigenvalue weighted by Crippen LogP contribution is -2.48. The predicted molar refractivity (Wildman–Crippen MR) is 127 cm³/mol. The maximum atomic E-state index is 13.4. The maximum absolute atomic E-state index is 13.4. The van der Waals surface area contributed by atoms with Crippen LogP contribution in [0.4, 0.5) is 5.00 Å². The van der Waals surface area contributed by atoms with Gasteiger partial charge in [-0.3, -0.25) is 14.4 Å². The number of carbonyl (C=O) groups is 4. The number of ether oxygens (including phenoxy) is 1. The van der Waals surface area contributed by atoms with E-state index >= 15 is 0 Å². The van der Waals surface area contributed by atoms with Crippen LogP contribution in [0.5, 0.6) is 0 Å². The van der Waals surface area contributed by atoms with Gasteiger partial charge in [-0.2, -0.15) is 0 Å². The molecule has 0 aliphatic carbocycles. The van der Waals surface area contributed by atoms with Gasteiger partial charge in [-0.15, -0.1) is 23.1 Å². The number of nitrogens with one attached hydrogen (secondary N) is 2. The molecule has 0 radical (unpaired) electrons. The topological polar surface area (TPSA) is 105 Å². The van der Waals surface area contributed by atoms with E-state index in [1.54, 1.807) is 30.5 Å². The molecular formula is C23H25N3O5S2. The fourth-order valence-electron chi connectivity index (χ4n) is 4.41. The van der Waals surface area contributed by atoms with Crippen molar-refractivity contribution in [2.24, 2.45) is 0 Å². The molecule has 1 aromatic heterocycles. The Morgan fingerprint density at radius 3 is 2.64 bits per heavy atom. The number of carbonyl (C=O) groups excluding carboxylic acids is 4. The van der Waals surface area contributed by atoms with Crippen LogP contribution < -0.4 is 10.6 Å². The van der Waals surface area contributed by atoms with Crippen LogP contribution in [0.25, 0.3) is 0 Å². The molecule has 2 atom stereocenters. The van der Waals surface area contributed by atoms with Crippen molar-refractivity contribution in [1.29, 1.82) is 0 Å². The second-order valence-corrected chi connectivity index (χ2v) is 10.1. The highest BCUT2D eigenvalue weighted by Gasteiger charge is 2.56. The van der Waals surface area contributed by atoms with Crippen LogP contribution in [0.15, 0.2) is 30.3 Å². The summed E-state index contributed by atoms with van der Waals surface area (Å²) in [6, 6.07) is 9.06. The largest absolute Gasteiger partial charge is 0.462 e. The molecule has 3 heterocycles. The van der Waals surface area contributed by atoms with Gasteiger partial charge in [0.15, 0.2) is 0 Å². The van der Waals surface area contributed by atoms with E-state index in [1.807, 2.05) is 30.3 Å². The molecule has 2 aromatic rings. The van der Waals surface area contributed by atoms with Crippen molar-refractivity contribution in [3.63, 3.8) is 0 Å². The van der Waals surface area contributed by atoms with Crippen molar-refractivity contribution < 1.29 is 23.9 Å². The predicted octanol–water partition coefficient (Wildman–Crippen LogP) is 3.12. The number of thiophene rings is 1. The van der Waals surface area contributed by atoms with Crippen LogP contribution in [0.2, 0.25) is 0 Å². The molecule has 2 unspecified atom stereocenters. The lowest BCUT2D eigenvalue weighted by molar-refractivity contribution is -0.136. The van der Waals surface area contributed by atoms with Crippen molar-refractivity contribution in [2.45, 2.75) is 37.6 Å². The van der Waals surface area contributed by atoms with Crippen molar-refractivity contribution in [1.82, 2.24) is 10.2 Å². The first-order valence-electron chi connectivity index (χ1n) is 10.7. The molecule has 33 heavy (non-hydrogen) atoms. The van der Waals surface area contributed by atoms with E-state index in [0.29, 0.717) is 29.0 Å². The lowest BCUT2D eigenvalue weighted by Gasteiger charge is -2.34. The number of hydrogen-bond acceptors (Lipinski definition) is 7. The molecule has 3 amide bonds. The Morgan fingerprint density at radius 1 is 1.24 bits per heavy atom. The molecule has 4 rings (SSSR count). The SMILES string of the molecule is CCOC(=O)c1c(NC(=O)C2CSC3(c4ccccc4)CCC(=O)N23)sc(C(=O)NC)c1C. The lowest BCUT2D eigenvalue weighted by atomic mass is 10.0. The van der Waals surface area contributed by atoms with Crippen molar-refractivity contribution >= 4 is 51.8 Å². The molecule has 8 nitrogen and oxygen atoms in total. The van der Waals surface area contributed by atoms with Gasteiger partial charge in [0, 0.05) is 19.2 Å². The van der Waals surface area contributed by atoms with Crippen LogP contribution in [0, 0.1) is 6.92 Å². The van der Waals surface area contributed by atoms with Gasteiger partial charge in [-0.1, -0.05) is 30.3 Å². The third kappa shape index (κ3) is 3.91. The summed E-state index contributed by atoms with van der Waals surface area (Å²) in [7, 11) is 1.50. The highest BCUT2D eigenvalue weighted by atomic mass is 32.2. The molecule has 2 N–H and O–H groups in total. The minimum atomic E-state index is -0.689. The van der Waals surface area contributed by atoms with E-state index in [4.69, 9.17) is 4.74 Å². The zero-order chi connectivity index (χ0) is 23.8. The molecule has 2 aliphatic heterocycles. The zero-order valence-corrected chi connectivity index (χ0v) is 20.2. The molecule has 0 bridgehead atoms. The van der Waals surface area contributed by atoms with Crippen LogP contribution in [0.1, 0.15) is 50.9 Å². The number of anilines is 1. The standard InChI is InChI=1S/C23H25N3O5S2/c1-4-31-22(30)17-13(2)18(20(29)24-3)33-21(17)25-19(28)15-12-32-23(11-10-16(27)26(15)23)14-8-6-5-7-9-14/h5-9,15H,4,10-12H2,1-3H3,(H,24,29)(H,25,28). The van der Waals surface area contributed by atoms with E-state index in [0.717, 1.165) is 16.9 Å². The number of thioether (sulfide) groups is 1. The van der Waals surface area contributed by atoms with Gasteiger partial charge >= 0.3 is 5.97 Å². The summed E-state index contributed by atoms with van der Waals surface area (Å²) in [6.07, 6.45) is 1.01. The molecule has 10 heteroatoms. The fourth-order valence-corrected chi connectivity index (χ4v) is 7.21. The van der Waals surface area contributed by atoms with Gasteiger partial charge in [0.25, 0.3) is 5.91 Å². The van der Waals surface area contributed by atoms with Gasteiger partial charge in [0.05, 0.1) is 17.0 Å². The Morgan fingerprint density at radius 2 is 1.97 bits per heavy atom. The van der Waals surface area contributed by atoms with Crippen LogP contribution in [-0.2, 0) is 19.2 Å². The highest BCUT2D eigenvalue weighted by molar-refractivity contribution is 8.00. The minimum Gasteiger partial charge on any atom is -0.462 e.